The fraction of sp³-hybridized carbons (Fsp3) is 0.462. The molecule has 0 aromatic carbocycles. The van der Waals surface area contributed by atoms with Crippen LogP contribution < -0.4 is 0 Å². The number of thioether (sulfide) groups is 2. The Labute approximate surface area is 120 Å². The summed E-state index contributed by atoms with van der Waals surface area (Å²) in [6.45, 7) is 6.01. The van der Waals surface area contributed by atoms with Gasteiger partial charge in [0.2, 0.25) is 0 Å². The molecule has 6 heteroatoms. The molecule has 1 aliphatic rings. The largest absolute Gasteiger partial charge is 0.355 e. The number of aromatic amines is 1. The Morgan fingerprint density at radius 1 is 1.42 bits per heavy atom. The van der Waals surface area contributed by atoms with E-state index in [2.05, 4.69) is 9.98 Å². The fourth-order valence-electron chi connectivity index (χ4n) is 2.16. The zero-order chi connectivity index (χ0) is 14.0. The van der Waals surface area contributed by atoms with Crippen LogP contribution in [0.4, 0.5) is 0 Å². The third-order valence-corrected chi connectivity index (χ3v) is 5.21. The lowest BCUT2D eigenvalue weighted by molar-refractivity contribution is 0.101. The highest BCUT2D eigenvalue weighted by Crippen LogP contribution is 2.24. The topological polar surface area (TPSA) is 62.3 Å². The maximum atomic E-state index is 12.2. The maximum absolute atomic E-state index is 12.2. The molecular formula is C13H16N2O2S2. The number of carbonyl (C=O) groups excluding carboxylic acids is 2. The standard InChI is InChI=1S/C13H16N2O2S2/c1-7-11(9(3)16)8(2)15-12(7)10(17)6-19-13-14-4-5-18-13/h15H,4-6H2,1-3H3. The number of carbonyl (C=O) groups is 2. The molecule has 0 atom stereocenters. The van der Waals surface area contributed by atoms with Crippen molar-refractivity contribution in [1.29, 1.82) is 0 Å². The normalized spacial score (nSPS) is 14.6. The van der Waals surface area contributed by atoms with Crippen molar-refractivity contribution in [3.63, 3.8) is 0 Å². The van der Waals surface area contributed by atoms with Crippen molar-refractivity contribution < 1.29 is 9.59 Å². The molecule has 2 heterocycles. The van der Waals surface area contributed by atoms with E-state index in [1.165, 1.54) is 18.7 Å². The lowest BCUT2D eigenvalue weighted by Crippen LogP contribution is -2.06. The van der Waals surface area contributed by atoms with Crippen LogP contribution in [0.15, 0.2) is 4.99 Å². The first kappa shape index (κ1) is 14.4. The molecule has 0 unspecified atom stereocenters. The molecule has 1 aromatic rings. The Morgan fingerprint density at radius 2 is 2.16 bits per heavy atom. The van der Waals surface area contributed by atoms with Crippen molar-refractivity contribution in [3.8, 4) is 0 Å². The summed E-state index contributed by atoms with van der Waals surface area (Å²) in [4.78, 5) is 31.1. The highest BCUT2D eigenvalue weighted by Gasteiger charge is 2.20. The van der Waals surface area contributed by atoms with E-state index in [9.17, 15) is 9.59 Å². The van der Waals surface area contributed by atoms with Crippen molar-refractivity contribution in [3.05, 3.63) is 22.5 Å². The third kappa shape index (κ3) is 3.12. The molecule has 0 fully saturated rings. The molecule has 19 heavy (non-hydrogen) atoms. The van der Waals surface area contributed by atoms with Crippen LogP contribution in [0.1, 0.15) is 39.0 Å². The predicted octanol–water partition coefficient (Wildman–Crippen LogP) is 2.85. The summed E-state index contributed by atoms with van der Waals surface area (Å²) in [5.74, 6) is 1.39. The van der Waals surface area contributed by atoms with Crippen LogP contribution in [-0.2, 0) is 0 Å². The van der Waals surface area contributed by atoms with E-state index in [0.29, 0.717) is 17.0 Å². The fourth-order valence-corrected chi connectivity index (χ4v) is 4.04. The van der Waals surface area contributed by atoms with Crippen LogP contribution in [0, 0.1) is 13.8 Å². The van der Waals surface area contributed by atoms with E-state index in [-0.39, 0.29) is 11.6 Å². The van der Waals surface area contributed by atoms with Gasteiger partial charge in [-0.3, -0.25) is 14.6 Å². The van der Waals surface area contributed by atoms with Crippen molar-refractivity contribution in [2.45, 2.75) is 20.8 Å². The summed E-state index contributed by atoms with van der Waals surface area (Å²) in [6.07, 6.45) is 0. The van der Waals surface area contributed by atoms with E-state index in [1.807, 2.05) is 13.8 Å². The monoisotopic (exact) mass is 296 g/mol. The first-order valence-corrected chi connectivity index (χ1v) is 8.01. The molecule has 0 saturated carbocycles. The number of aromatic nitrogens is 1. The van der Waals surface area contributed by atoms with Gasteiger partial charge in [-0.15, -0.1) is 0 Å². The van der Waals surface area contributed by atoms with Gasteiger partial charge in [-0.25, -0.2) is 0 Å². The molecule has 0 bridgehead atoms. The summed E-state index contributed by atoms with van der Waals surface area (Å²) in [6, 6.07) is 0. The van der Waals surface area contributed by atoms with Gasteiger partial charge in [0, 0.05) is 17.0 Å². The van der Waals surface area contributed by atoms with Gasteiger partial charge in [0.15, 0.2) is 11.6 Å². The van der Waals surface area contributed by atoms with E-state index >= 15 is 0 Å². The van der Waals surface area contributed by atoms with Gasteiger partial charge >= 0.3 is 0 Å². The molecule has 0 spiro atoms. The highest BCUT2D eigenvalue weighted by atomic mass is 32.2. The number of hydrogen-bond donors (Lipinski definition) is 1. The van der Waals surface area contributed by atoms with E-state index in [4.69, 9.17) is 0 Å². The van der Waals surface area contributed by atoms with Crippen LogP contribution in [0.3, 0.4) is 0 Å². The number of Topliss-reactive ketones (excluding diaryl/α,β-unsaturated/α-hetero) is 2. The van der Waals surface area contributed by atoms with Crippen LogP contribution in [0.2, 0.25) is 0 Å². The zero-order valence-corrected chi connectivity index (χ0v) is 12.8. The minimum atomic E-state index is -0.00586. The number of ketones is 2. The second-order valence-electron chi connectivity index (χ2n) is 4.39. The Bertz CT molecular complexity index is 561. The Morgan fingerprint density at radius 3 is 2.68 bits per heavy atom. The maximum Gasteiger partial charge on any atom is 0.189 e. The Kier molecular flexibility index (Phi) is 4.52. The number of rotatable bonds is 4. The van der Waals surface area contributed by atoms with Crippen molar-refractivity contribution in [2.75, 3.05) is 18.1 Å². The predicted molar refractivity (Wildman–Crippen MR) is 81.8 cm³/mol. The van der Waals surface area contributed by atoms with Gasteiger partial charge in [-0.05, 0) is 26.3 Å². The molecule has 0 amide bonds. The molecule has 0 radical (unpaired) electrons. The molecule has 4 nitrogen and oxygen atoms in total. The molecule has 1 aliphatic heterocycles. The zero-order valence-electron chi connectivity index (χ0n) is 11.2. The molecule has 0 aliphatic carbocycles. The second-order valence-corrected chi connectivity index (χ2v) is 6.70. The Balaban J connectivity index is 2.11. The van der Waals surface area contributed by atoms with E-state index in [0.717, 1.165) is 27.9 Å². The lowest BCUT2D eigenvalue weighted by Gasteiger charge is -2.00. The quantitative estimate of drug-likeness (QED) is 0.868. The number of nitrogens with zero attached hydrogens (tertiary/aromatic N) is 1. The smallest absolute Gasteiger partial charge is 0.189 e. The van der Waals surface area contributed by atoms with Crippen molar-refractivity contribution >= 4 is 39.5 Å². The number of aryl methyl sites for hydroxylation is 1. The molecule has 2 rings (SSSR count). The molecular weight excluding hydrogens is 280 g/mol. The summed E-state index contributed by atoms with van der Waals surface area (Å²) in [5.41, 5.74) is 2.72. The van der Waals surface area contributed by atoms with Gasteiger partial charge < -0.3 is 4.98 Å². The van der Waals surface area contributed by atoms with Gasteiger partial charge in [0.25, 0.3) is 0 Å². The van der Waals surface area contributed by atoms with Gasteiger partial charge in [-0.1, -0.05) is 23.5 Å². The van der Waals surface area contributed by atoms with Gasteiger partial charge in [0.1, 0.15) is 4.38 Å². The van der Waals surface area contributed by atoms with Crippen LogP contribution in [-0.4, -0.2) is 39.0 Å². The third-order valence-electron chi connectivity index (χ3n) is 2.95. The summed E-state index contributed by atoms with van der Waals surface area (Å²) >= 11 is 3.17. The Hall–Kier alpha value is -1.01. The number of nitrogens with one attached hydrogen (secondary N) is 1. The number of H-pyrrole nitrogens is 1. The SMILES string of the molecule is CC(=O)c1c(C)[nH]c(C(=O)CSC2=NCCS2)c1C. The van der Waals surface area contributed by atoms with Crippen LogP contribution in [0.25, 0.3) is 0 Å². The van der Waals surface area contributed by atoms with Crippen LogP contribution in [0.5, 0.6) is 0 Å². The van der Waals surface area contributed by atoms with Crippen LogP contribution >= 0.6 is 23.5 Å². The highest BCUT2D eigenvalue weighted by molar-refractivity contribution is 8.39. The first-order valence-electron chi connectivity index (χ1n) is 6.04. The minimum absolute atomic E-state index is 0.00586. The first-order chi connectivity index (χ1) is 9.00. The average Bonchev–Trinajstić information content (AvgIpc) is 2.94. The molecule has 0 saturated heterocycles. The average molecular weight is 296 g/mol. The van der Waals surface area contributed by atoms with Crippen molar-refractivity contribution in [1.82, 2.24) is 4.98 Å². The second kappa shape index (κ2) is 5.96. The van der Waals surface area contributed by atoms with Gasteiger partial charge in [-0.2, -0.15) is 0 Å². The molecule has 1 N–H and O–H groups in total. The van der Waals surface area contributed by atoms with Gasteiger partial charge in [0.05, 0.1) is 18.0 Å². The summed E-state index contributed by atoms with van der Waals surface area (Å²) < 4.78 is 0.987. The van der Waals surface area contributed by atoms with E-state index < -0.39 is 0 Å². The summed E-state index contributed by atoms with van der Waals surface area (Å²) in [5, 5.41) is 0. The van der Waals surface area contributed by atoms with Crippen molar-refractivity contribution in [2.24, 2.45) is 4.99 Å². The lowest BCUT2D eigenvalue weighted by atomic mass is 10.1. The minimum Gasteiger partial charge on any atom is -0.355 e. The molecule has 1 aromatic heterocycles. The molecule has 102 valence electrons. The number of hydrogen-bond acceptors (Lipinski definition) is 5. The van der Waals surface area contributed by atoms with E-state index in [1.54, 1.807) is 11.8 Å². The number of aliphatic imine (C=N–C) groups is 1. The summed E-state index contributed by atoms with van der Waals surface area (Å²) in [7, 11) is 0.